The predicted molar refractivity (Wildman–Crippen MR) is 80.6 cm³/mol. The van der Waals surface area contributed by atoms with E-state index >= 15 is 0 Å². The number of halogens is 3. The van der Waals surface area contributed by atoms with Crippen LogP contribution in [0.3, 0.4) is 0 Å². The van der Waals surface area contributed by atoms with E-state index in [0.717, 1.165) is 0 Å². The summed E-state index contributed by atoms with van der Waals surface area (Å²) in [5, 5.41) is 11.4. The SMILES string of the molecule is O=C(O)c1ccc(NC(=O)c2ncc(Cl)c(Cl)c2Cl)cc1. The van der Waals surface area contributed by atoms with Crippen molar-refractivity contribution in [3.63, 3.8) is 0 Å². The fraction of sp³-hybridized carbons (Fsp3) is 0. The summed E-state index contributed by atoms with van der Waals surface area (Å²) < 4.78 is 0. The number of carbonyl (C=O) groups is 2. The van der Waals surface area contributed by atoms with E-state index in [0.29, 0.717) is 5.69 Å². The first kappa shape index (κ1) is 15.6. The monoisotopic (exact) mass is 344 g/mol. The molecule has 2 N–H and O–H groups in total. The number of carboxylic acid groups (broad SMARTS) is 1. The Morgan fingerprint density at radius 1 is 1.05 bits per heavy atom. The Morgan fingerprint density at radius 2 is 1.67 bits per heavy atom. The standard InChI is InChI=1S/C13H7Cl3N2O3/c14-8-5-17-11(10(16)9(8)15)12(19)18-7-3-1-6(2-4-7)13(20)21/h1-5H,(H,18,19)(H,20,21). The van der Waals surface area contributed by atoms with Crippen LogP contribution in [-0.2, 0) is 0 Å². The number of anilines is 1. The zero-order chi connectivity index (χ0) is 15.6. The molecule has 1 aromatic carbocycles. The van der Waals surface area contributed by atoms with Crippen molar-refractivity contribution in [1.82, 2.24) is 4.98 Å². The van der Waals surface area contributed by atoms with E-state index in [1.54, 1.807) is 0 Å². The molecule has 108 valence electrons. The molecule has 0 saturated heterocycles. The van der Waals surface area contributed by atoms with Crippen LogP contribution in [0, 0.1) is 0 Å². The molecule has 8 heteroatoms. The Labute approximate surface area is 134 Å². The first-order chi connectivity index (χ1) is 9.90. The largest absolute Gasteiger partial charge is 0.478 e. The van der Waals surface area contributed by atoms with Gasteiger partial charge in [-0.25, -0.2) is 9.78 Å². The summed E-state index contributed by atoms with van der Waals surface area (Å²) in [7, 11) is 0. The van der Waals surface area contributed by atoms with E-state index in [1.165, 1.54) is 30.5 Å². The third kappa shape index (κ3) is 3.44. The highest BCUT2D eigenvalue weighted by atomic mass is 35.5. The maximum Gasteiger partial charge on any atom is 0.335 e. The van der Waals surface area contributed by atoms with Crippen LogP contribution in [0.2, 0.25) is 15.1 Å². The molecule has 0 bridgehead atoms. The Morgan fingerprint density at radius 3 is 2.24 bits per heavy atom. The Hall–Kier alpha value is -1.82. The van der Waals surface area contributed by atoms with E-state index in [1.807, 2.05) is 0 Å². The first-order valence-electron chi connectivity index (χ1n) is 5.54. The van der Waals surface area contributed by atoms with Gasteiger partial charge in [-0.15, -0.1) is 0 Å². The number of rotatable bonds is 3. The van der Waals surface area contributed by atoms with Crippen LogP contribution >= 0.6 is 34.8 Å². The van der Waals surface area contributed by atoms with Crippen LogP contribution in [0.4, 0.5) is 5.69 Å². The first-order valence-corrected chi connectivity index (χ1v) is 6.67. The minimum absolute atomic E-state index is 0.0414. The number of aromatic carboxylic acids is 1. The van der Waals surface area contributed by atoms with Crippen LogP contribution < -0.4 is 5.32 Å². The van der Waals surface area contributed by atoms with Gasteiger partial charge in [0.1, 0.15) is 5.69 Å². The summed E-state index contributed by atoms with van der Waals surface area (Å²) in [4.78, 5) is 26.6. The number of nitrogens with zero attached hydrogens (tertiary/aromatic N) is 1. The minimum atomic E-state index is -1.05. The number of amides is 1. The normalized spacial score (nSPS) is 10.2. The molecule has 0 atom stereocenters. The summed E-state index contributed by atoms with van der Waals surface area (Å²) in [6.07, 6.45) is 1.22. The van der Waals surface area contributed by atoms with Crippen molar-refractivity contribution in [2.24, 2.45) is 0 Å². The molecule has 0 unspecified atom stereocenters. The molecule has 1 amide bonds. The van der Waals surface area contributed by atoms with Crippen molar-refractivity contribution < 1.29 is 14.7 Å². The molecule has 1 aromatic heterocycles. The highest BCUT2D eigenvalue weighted by Gasteiger charge is 2.17. The van der Waals surface area contributed by atoms with Gasteiger partial charge < -0.3 is 10.4 Å². The summed E-state index contributed by atoms with van der Waals surface area (Å²) >= 11 is 17.5. The summed E-state index contributed by atoms with van der Waals surface area (Å²) in [5.41, 5.74) is 0.431. The Bertz CT molecular complexity index is 717. The van der Waals surface area contributed by atoms with Gasteiger partial charge in [0, 0.05) is 11.9 Å². The zero-order valence-corrected chi connectivity index (χ0v) is 12.5. The van der Waals surface area contributed by atoms with Gasteiger partial charge in [-0.05, 0) is 24.3 Å². The molecule has 0 spiro atoms. The van der Waals surface area contributed by atoms with Crippen molar-refractivity contribution in [3.8, 4) is 0 Å². The molecule has 2 rings (SSSR count). The summed E-state index contributed by atoms with van der Waals surface area (Å²) in [6.45, 7) is 0. The fourth-order valence-electron chi connectivity index (χ4n) is 1.49. The molecule has 1 heterocycles. The molecule has 0 aliphatic rings. The second-order valence-electron chi connectivity index (χ2n) is 3.92. The zero-order valence-electron chi connectivity index (χ0n) is 10.2. The molecular formula is C13H7Cl3N2O3. The molecule has 21 heavy (non-hydrogen) atoms. The summed E-state index contributed by atoms with van der Waals surface area (Å²) in [6, 6.07) is 5.63. The molecule has 0 aliphatic heterocycles. The lowest BCUT2D eigenvalue weighted by molar-refractivity contribution is 0.0696. The van der Waals surface area contributed by atoms with Crippen LogP contribution in [0.1, 0.15) is 20.8 Å². The maximum atomic E-state index is 12.0. The lowest BCUT2D eigenvalue weighted by Gasteiger charge is -2.08. The molecule has 0 saturated carbocycles. The maximum absolute atomic E-state index is 12.0. The van der Waals surface area contributed by atoms with Gasteiger partial charge in [0.2, 0.25) is 0 Å². The molecular weight excluding hydrogens is 339 g/mol. The van der Waals surface area contributed by atoms with Crippen molar-refractivity contribution in [2.75, 3.05) is 5.32 Å². The van der Waals surface area contributed by atoms with Gasteiger partial charge in [-0.2, -0.15) is 0 Å². The van der Waals surface area contributed by atoms with Crippen molar-refractivity contribution in [3.05, 3.63) is 56.8 Å². The summed E-state index contributed by atoms with van der Waals surface area (Å²) in [5.74, 6) is -1.64. The van der Waals surface area contributed by atoms with Gasteiger partial charge in [0.05, 0.1) is 20.6 Å². The number of carboxylic acids is 1. The van der Waals surface area contributed by atoms with Crippen molar-refractivity contribution in [2.45, 2.75) is 0 Å². The minimum Gasteiger partial charge on any atom is -0.478 e. The molecule has 0 aliphatic carbocycles. The number of pyridine rings is 1. The molecule has 5 nitrogen and oxygen atoms in total. The van der Waals surface area contributed by atoms with Gasteiger partial charge in [0.15, 0.2) is 0 Å². The lowest BCUT2D eigenvalue weighted by Crippen LogP contribution is -2.14. The van der Waals surface area contributed by atoms with Gasteiger partial charge in [-0.3, -0.25) is 4.79 Å². The second kappa shape index (κ2) is 6.30. The van der Waals surface area contributed by atoms with E-state index in [9.17, 15) is 9.59 Å². The highest BCUT2D eigenvalue weighted by molar-refractivity contribution is 6.49. The van der Waals surface area contributed by atoms with Crippen LogP contribution in [-0.4, -0.2) is 22.0 Å². The lowest BCUT2D eigenvalue weighted by atomic mass is 10.2. The van der Waals surface area contributed by atoms with Crippen LogP contribution in [0.25, 0.3) is 0 Å². The van der Waals surface area contributed by atoms with Crippen LogP contribution in [0.15, 0.2) is 30.5 Å². The van der Waals surface area contributed by atoms with E-state index in [-0.39, 0.29) is 26.3 Å². The molecule has 2 aromatic rings. The smallest absolute Gasteiger partial charge is 0.335 e. The van der Waals surface area contributed by atoms with E-state index in [2.05, 4.69) is 10.3 Å². The van der Waals surface area contributed by atoms with Crippen molar-refractivity contribution >= 4 is 52.4 Å². The van der Waals surface area contributed by atoms with E-state index < -0.39 is 11.9 Å². The van der Waals surface area contributed by atoms with Crippen LogP contribution in [0.5, 0.6) is 0 Å². The Balaban J connectivity index is 2.22. The second-order valence-corrected chi connectivity index (χ2v) is 5.08. The molecule has 0 radical (unpaired) electrons. The average molecular weight is 346 g/mol. The van der Waals surface area contributed by atoms with Gasteiger partial charge in [-0.1, -0.05) is 34.8 Å². The third-order valence-corrected chi connectivity index (χ3v) is 3.76. The third-order valence-electron chi connectivity index (χ3n) is 2.52. The number of carbonyl (C=O) groups excluding carboxylic acids is 1. The molecule has 0 fully saturated rings. The van der Waals surface area contributed by atoms with E-state index in [4.69, 9.17) is 39.9 Å². The topological polar surface area (TPSA) is 79.3 Å². The number of aromatic nitrogens is 1. The Kier molecular flexibility index (Phi) is 4.67. The number of hydrogen-bond donors (Lipinski definition) is 2. The van der Waals surface area contributed by atoms with Crippen molar-refractivity contribution in [1.29, 1.82) is 0 Å². The predicted octanol–water partition coefficient (Wildman–Crippen LogP) is 3.99. The highest BCUT2D eigenvalue weighted by Crippen LogP contribution is 2.31. The average Bonchev–Trinajstić information content (AvgIpc) is 2.45. The fourth-order valence-corrected chi connectivity index (χ4v) is 2.05. The van der Waals surface area contributed by atoms with Gasteiger partial charge in [0.25, 0.3) is 5.91 Å². The quantitative estimate of drug-likeness (QED) is 0.881. The number of nitrogens with one attached hydrogen (secondary N) is 1. The number of benzene rings is 1. The number of hydrogen-bond acceptors (Lipinski definition) is 3. The van der Waals surface area contributed by atoms with Gasteiger partial charge >= 0.3 is 5.97 Å².